The van der Waals surface area contributed by atoms with Gasteiger partial charge in [0.2, 0.25) is 0 Å². The zero-order chi connectivity index (χ0) is 28.5. The molecule has 2 heterocycles. The first-order valence-electron chi connectivity index (χ1n) is 13.6. The van der Waals surface area contributed by atoms with E-state index in [9.17, 15) is 19.5 Å². The smallest absolute Gasteiger partial charge is 0.351 e. The van der Waals surface area contributed by atoms with E-state index in [-0.39, 0.29) is 24.2 Å². The van der Waals surface area contributed by atoms with Crippen molar-refractivity contribution in [1.82, 2.24) is 0 Å². The van der Waals surface area contributed by atoms with Crippen LogP contribution >= 0.6 is 0 Å². The molecule has 0 spiro atoms. The van der Waals surface area contributed by atoms with Gasteiger partial charge in [0.25, 0.3) is 5.67 Å². The molecule has 8 heteroatoms. The molecule has 0 saturated carbocycles. The summed E-state index contributed by atoms with van der Waals surface area (Å²) >= 11 is 0. The maximum atomic E-state index is 15.9. The lowest BCUT2D eigenvalue weighted by atomic mass is 9.70. The van der Waals surface area contributed by atoms with Crippen LogP contribution in [0.4, 0.5) is 4.39 Å². The number of halogens is 1. The second-order valence-electron chi connectivity index (χ2n) is 12.3. The van der Waals surface area contributed by atoms with Crippen LogP contribution in [-0.2, 0) is 28.6 Å². The van der Waals surface area contributed by atoms with Gasteiger partial charge in [-0.2, -0.15) is 0 Å². The number of cyclic esters (lactones) is 1. The highest BCUT2D eigenvalue weighted by atomic mass is 19.1. The number of ether oxygens (including phenoxy) is 3. The first-order valence-corrected chi connectivity index (χ1v) is 13.6. The molecule has 1 unspecified atom stereocenters. The Balaban J connectivity index is 2.58. The van der Waals surface area contributed by atoms with Gasteiger partial charge in [-0.25, -0.2) is 9.18 Å². The number of esters is 1. The summed E-state index contributed by atoms with van der Waals surface area (Å²) in [4.78, 5) is 39.6. The molecule has 0 aromatic heterocycles. The molecule has 0 aromatic rings. The van der Waals surface area contributed by atoms with Crippen LogP contribution in [0.3, 0.4) is 0 Å². The number of carbonyl (C=O) groups excluding carboxylic acids is 3. The van der Waals surface area contributed by atoms with Crippen molar-refractivity contribution in [2.24, 2.45) is 29.1 Å². The molecule has 1 N–H and O–H groups in total. The van der Waals surface area contributed by atoms with Gasteiger partial charge in [0.05, 0.1) is 12.2 Å². The minimum atomic E-state index is -2.95. The average molecular weight is 527 g/mol. The molecular formula is C29H47FO7. The van der Waals surface area contributed by atoms with E-state index in [1.807, 2.05) is 27.7 Å². The van der Waals surface area contributed by atoms with Gasteiger partial charge in [0.15, 0.2) is 17.9 Å². The Morgan fingerprint density at radius 2 is 1.70 bits per heavy atom. The number of hydrogen-bond donors (Lipinski definition) is 1. The maximum Gasteiger partial charge on any atom is 0.351 e. The maximum absolute atomic E-state index is 15.9. The number of aliphatic hydroxyl groups is 1. The molecule has 0 aliphatic carbocycles. The summed E-state index contributed by atoms with van der Waals surface area (Å²) in [6.45, 7) is 17.4. The summed E-state index contributed by atoms with van der Waals surface area (Å²) < 4.78 is 33.8. The second kappa shape index (κ2) is 12.0. The fourth-order valence-corrected chi connectivity index (χ4v) is 5.83. The van der Waals surface area contributed by atoms with Gasteiger partial charge in [0.1, 0.15) is 12.2 Å². The summed E-state index contributed by atoms with van der Waals surface area (Å²) in [6, 6.07) is 0. The molecule has 0 amide bonds. The molecule has 0 radical (unpaired) electrons. The topological polar surface area (TPSA) is 99.1 Å². The van der Waals surface area contributed by atoms with Gasteiger partial charge >= 0.3 is 5.97 Å². The Kier molecular flexibility index (Phi) is 10.3. The van der Waals surface area contributed by atoms with Crippen LogP contribution in [0.5, 0.6) is 0 Å². The molecule has 212 valence electrons. The van der Waals surface area contributed by atoms with Crippen molar-refractivity contribution in [2.75, 3.05) is 0 Å². The zero-order valence-electron chi connectivity index (χ0n) is 24.2. The molecule has 2 aliphatic rings. The van der Waals surface area contributed by atoms with Crippen molar-refractivity contribution < 1.29 is 38.1 Å². The molecular weight excluding hydrogens is 479 g/mol. The van der Waals surface area contributed by atoms with Crippen molar-refractivity contribution in [1.29, 1.82) is 0 Å². The number of alkyl halides is 1. The van der Waals surface area contributed by atoms with Gasteiger partial charge in [-0.05, 0) is 63.0 Å². The lowest BCUT2D eigenvalue weighted by Gasteiger charge is -2.45. The highest BCUT2D eigenvalue weighted by Crippen LogP contribution is 2.41. The summed E-state index contributed by atoms with van der Waals surface area (Å²) in [6.07, 6.45) is -1.20. The lowest BCUT2D eigenvalue weighted by molar-refractivity contribution is -0.267. The van der Waals surface area contributed by atoms with Gasteiger partial charge in [-0.1, -0.05) is 48.5 Å². The number of carbonyl (C=O) groups is 3. The summed E-state index contributed by atoms with van der Waals surface area (Å²) in [5.74, 6) is -3.66. The molecule has 7 nitrogen and oxygen atoms in total. The molecule has 0 aromatic carbocycles. The number of hydrogen-bond acceptors (Lipinski definition) is 7. The van der Waals surface area contributed by atoms with Gasteiger partial charge in [0, 0.05) is 17.8 Å². The van der Waals surface area contributed by atoms with Crippen molar-refractivity contribution in [2.45, 2.75) is 125 Å². The Labute approximate surface area is 221 Å². The van der Waals surface area contributed by atoms with Gasteiger partial charge < -0.3 is 19.3 Å². The highest BCUT2D eigenvalue weighted by Gasteiger charge is 2.52. The van der Waals surface area contributed by atoms with Crippen LogP contribution < -0.4 is 0 Å². The fraction of sp³-hybridized carbons (Fsp3) is 0.828. The first-order chi connectivity index (χ1) is 16.9. The quantitative estimate of drug-likeness (QED) is 0.409. The Hall–Kier alpha value is -1.64. The molecule has 0 bridgehead atoms. The van der Waals surface area contributed by atoms with Crippen molar-refractivity contribution in [3.63, 3.8) is 0 Å². The van der Waals surface area contributed by atoms with Crippen LogP contribution in [-0.4, -0.2) is 59.0 Å². The highest BCUT2D eigenvalue weighted by molar-refractivity contribution is 6.07. The fourth-order valence-electron chi connectivity index (χ4n) is 5.83. The monoisotopic (exact) mass is 526 g/mol. The predicted octanol–water partition coefficient (Wildman–Crippen LogP) is 4.98. The third kappa shape index (κ3) is 7.07. The largest absolute Gasteiger partial charge is 0.457 e. The van der Waals surface area contributed by atoms with E-state index in [0.29, 0.717) is 17.9 Å². The lowest BCUT2D eigenvalue weighted by Crippen LogP contribution is -2.53. The minimum Gasteiger partial charge on any atom is -0.457 e. The Bertz CT molecular complexity index is 879. The van der Waals surface area contributed by atoms with Gasteiger partial charge in [-0.3, -0.25) is 9.59 Å². The number of rotatable bonds is 3. The van der Waals surface area contributed by atoms with Crippen molar-refractivity contribution in [3.8, 4) is 0 Å². The van der Waals surface area contributed by atoms with E-state index in [2.05, 4.69) is 6.92 Å². The second-order valence-corrected chi connectivity index (χ2v) is 12.3. The summed E-state index contributed by atoms with van der Waals surface area (Å²) in [5, 5.41) is 10.6. The molecule has 1 saturated heterocycles. The zero-order valence-corrected chi connectivity index (χ0v) is 24.2. The molecule has 10 atom stereocenters. The number of Topliss-reactive ketones (excluding diaryl/α,β-unsaturated/α-hetero) is 2. The van der Waals surface area contributed by atoms with Crippen LogP contribution in [0.1, 0.15) is 88.5 Å². The van der Waals surface area contributed by atoms with Crippen molar-refractivity contribution in [3.05, 3.63) is 11.6 Å². The van der Waals surface area contributed by atoms with E-state index in [4.69, 9.17) is 14.2 Å². The van der Waals surface area contributed by atoms with Crippen LogP contribution in [0.25, 0.3) is 0 Å². The van der Waals surface area contributed by atoms with Gasteiger partial charge in [-0.15, -0.1) is 0 Å². The van der Waals surface area contributed by atoms with Crippen LogP contribution in [0, 0.1) is 29.1 Å². The number of aliphatic hydroxyl groups excluding tert-OH is 1. The third-order valence-electron chi connectivity index (χ3n) is 8.29. The molecule has 2 rings (SSSR count). The summed E-state index contributed by atoms with van der Waals surface area (Å²) in [5.41, 5.74) is -3.39. The minimum absolute atomic E-state index is 0.0279. The standard InChI is InChI=1S/C29H47FO7/c1-11-22-21(31)13-16(3)23(32)17(4)14-28(8,9)25(20(7)24(33)29(10,30)27(34)36-22)37-26-19(6)15(2)12-18(5)35-26/h13,15,17-22,25-26,31H,11-12,14H2,1-10H3/t15-,17+,18+,19+,20-,21-,22+,25+,26?,29-/m0/s1. The van der Waals surface area contributed by atoms with E-state index in [0.717, 1.165) is 13.3 Å². The molecule has 37 heavy (non-hydrogen) atoms. The average Bonchev–Trinajstić information content (AvgIpc) is 2.80. The van der Waals surface area contributed by atoms with E-state index in [1.165, 1.54) is 6.08 Å². The molecule has 1 fully saturated rings. The predicted molar refractivity (Wildman–Crippen MR) is 138 cm³/mol. The van der Waals surface area contributed by atoms with E-state index >= 15 is 4.39 Å². The Morgan fingerprint density at radius 3 is 2.27 bits per heavy atom. The van der Waals surface area contributed by atoms with Crippen molar-refractivity contribution >= 4 is 17.5 Å². The number of allylic oxidation sites excluding steroid dienone is 1. The van der Waals surface area contributed by atoms with Crippen LogP contribution in [0.15, 0.2) is 11.6 Å². The Morgan fingerprint density at radius 1 is 1.11 bits per heavy atom. The normalized spacial score (nSPS) is 42.5. The SMILES string of the molecule is CC[C@H]1OC(=O)[C@@](C)(F)C(=O)[C@H](C)[C@@H](OC2O[C@H](C)C[C@H](C)[C@H]2C)C(C)(C)C[C@@H](C)C(=O)C(C)=C[C@@H]1O. The first kappa shape index (κ1) is 31.6. The van der Waals surface area contributed by atoms with E-state index in [1.54, 1.807) is 27.7 Å². The van der Waals surface area contributed by atoms with Crippen LogP contribution in [0.2, 0.25) is 0 Å². The molecule has 2 aliphatic heterocycles. The summed E-state index contributed by atoms with van der Waals surface area (Å²) in [7, 11) is 0. The van der Waals surface area contributed by atoms with E-state index < -0.39 is 59.3 Å². The number of ketones is 2. The third-order valence-corrected chi connectivity index (χ3v) is 8.29.